The minimum absolute atomic E-state index is 0.0991. The molecule has 0 spiro atoms. The molecule has 5 heteroatoms. The molecule has 27 heavy (non-hydrogen) atoms. The van der Waals surface area contributed by atoms with Crippen molar-refractivity contribution in [2.75, 3.05) is 10.2 Å². The molecule has 3 aromatic rings. The number of aryl methyl sites for hydroxylation is 2. The van der Waals surface area contributed by atoms with Crippen LogP contribution in [0.15, 0.2) is 54.7 Å². The lowest BCUT2D eigenvalue weighted by atomic mass is 10.1. The van der Waals surface area contributed by atoms with Crippen LogP contribution in [0.4, 0.5) is 17.3 Å². The first kappa shape index (κ1) is 17.2. The maximum absolute atomic E-state index is 13.1. The maximum Gasteiger partial charge on any atom is 0.277 e. The van der Waals surface area contributed by atoms with E-state index in [1.807, 2.05) is 35.2 Å². The molecule has 0 fully saturated rings. The van der Waals surface area contributed by atoms with Crippen molar-refractivity contribution in [1.82, 2.24) is 9.97 Å². The third-order valence-corrected chi connectivity index (χ3v) is 5.06. The molecule has 136 valence electrons. The molecule has 0 radical (unpaired) electrons. The average molecular weight is 358 g/mol. The van der Waals surface area contributed by atoms with Gasteiger partial charge in [-0.3, -0.25) is 4.79 Å². The summed E-state index contributed by atoms with van der Waals surface area (Å²) in [6, 6.07) is 15.9. The van der Waals surface area contributed by atoms with Crippen molar-refractivity contribution < 1.29 is 4.79 Å². The first-order chi connectivity index (χ1) is 13.0. The van der Waals surface area contributed by atoms with Crippen LogP contribution in [0.1, 0.15) is 34.1 Å². The van der Waals surface area contributed by atoms with Gasteiger partial charge in [-0.1, -0.05) is 24.3 Å². The highest BCUT2D eigenvalue weighted by Crippen LogP contribution is 2.32. The summed E-state index contributed by atoms with van der Waals surface area (Å²) in [5.41, 5.74) is 5.88. The second-order valence-electron chi connectivity index (χ2n) is 7.05. The normalized spacial score (nSPS) is 15.5. The van der Waals surface area contributed by atoms with Gasteiger partial charge < -0.3 is 10.2 Å². The van der Waals surface area contributed by atoms with Gasteiger partial charge in [0.05, 0.1) is 0 Å². The van der Waals surface area contributed by atoms with Crippen LogP contribution in [0.25, 0.3) is 0 Å². The molecule has 4 rings (SSSR count). The predicted octanol–water partition coefficient (Wildman–Crippen LogP) is 4.43. The van der Waals surface area contributed by atoms with E-state index in [4.69, 9.17) is 0 Å². The number of benzene rings is 2. The van der Waals surface area contributed by atoms with Crippen LogP contribution >= 0.6 is 0 Å². The van der Waals surface area contributed by atoms with E-state index in [1.165, 1.54) is 16.7 Å². The van der Waals surface area contributed by atoms with E-state index in [2.05, 4.69) is 48.2 Å². The van der Waals surface area contributed by atoms with Gasteiger partial charge in [-0.2, -0.15) is 0 Å². The number of anilines is 3. The lowest BCUT2D eigenvalue weighted by Crippen LogP contribution is -2.36. The number of rotatable bonds is 3. The first-order valence-corrected chi connectivity index (χ1v) is 9.12. The van der Waals surface area contributed by atoms with Crippen molar-refractivity contribution in [2.45, 2.75) is 33.2 Å². The van der Waals surface area contributed by atoms with Crippen LogP contribution in [0.5, 0.6) is 0 Å². The summed E-state index contributed by atoms with van der Waals surface area (Å²) in [7, 11) is 0. The number of carbonyl (C=O) groups excluding carboxylic acids is 1. The summed E-state index contributed by atoms with van der Waals surface area (Å²) in [5, 5.41) is 3.20. The van der Waals surface area contributed by atoms with Gasteiger partial charge in [0, 0.05) is 23.6 Å². The van der Waals surface area contributed by atoms with Crippen LogP contribution in [0.2, 0.25) is 0 Å². The minimum atomic E-state index is -0.0991. The van der Waals surface area contributed by atoms with Gasteiger partial charge in [0.15, 0.2) is 0 Å². The third-order valence-electron chi connectivity index (χ3n) is 5.06. The highest BCUT2D eigenvalue weighted by molar-refractivity contribution is 6.06. The number of nitrogens with zero attached hydrogens (tertiary/aromatic N) is 3. The Bertz CT molecular complexity index is 1010. The van der Waals surface area contributed by atoms with Crippen molar-refractivity contribution in [3.05, 3.63) is 77.1 Å². The molecule has 1 N–H and O–H groups in total. The summed E-state index contributed by atoms with van der Waals surface area (Å²) in [6.07, 6.45) is 2.48. The smallest absolute Gasteiger partial charge is 0.277 e. The standard InChI is InChI=1S/C22H22N4O/c1-14-8-9-18(12-15(14)2)24-22-23-11-10-19(25-22)21(27)26-16(3)13-17-6-4-5-7-20(17)26/h4-12,16H,13H2,1-3H3,(H,23,24,25). The van der Waals surface area contributed by atoms with Gasteiger partial charge >= 0.3 is 0 Å². The van der Waals surface area contributed by atoms with Gasteiger partial charge in [-0.15, -0.1) is 0 Å². The number of aromatic nitrogens is 2. The Kier molecular flexibility index (Phi) is 4.36. The minimum Gasteiger partial charge on any atom is -0.324 e. The summed E-state index contributed by atoms with van der Waals surface area (Å²) >= 11 is 0. The number of amides is 1. The fourth-order valence-corrected chi connectivity index (χ4v) is 3.48. The molecule has 1 aromatic heterocycles. The Morgan fingerprint density at radius 2 is 1.93 bits per heavy atom. The Balaban J connectivity index is 1.60. The quantitative estimate of drug-likeness (QED) is 0.752. The Labute approximate surface area is 159 Å². The zero-order valence-electron chi connectivity index (χ0n) is 15.7. The molecule has 1 aliphatic heterocycles. The van der Waals surface area contributed by atoms with E-state index in [1.54, 1.807) is 12.3 Å². The van der Waals surface area contributed by atoms with Gasteiger partial charge in [0.2, 0.25) is 5.95 Å². The monoisotopic (exact) mass is 358 g/mol. The molecule has 5 nitrogen and oxygen atoms in total. The van der Waals surface area contributed by atoms with Gasteiger partial charge in [0.1, 0.15) is 5.69 Å². The zero-order chi connectivity index (χ0) is 19.0. The molecular weight excluding hydrogens is 336 g/mol. The Morgan fingerprint density at radius 3 is 2.74 bits per heavy atom. The largest absolute Gasteiger partial charge is 0.324 e. The van der Waals surface area contributed by atoms with Gasteiger partial charge in [-0.25, -0.2) is 9.97 Å². The van der Waals surface area contributed by atoms with Crippen molar-refractivity contribution in [2.24, 2.45) is 0 Å². The fraction of sp³-hybridized carbons (Fsp3) is 0.227. The van der Waals surface area contributed by atoms with E-state index >= 15 is 0 Å². The molecule has 2 heterocycles. The number of para-hydroxylation sites is 1. The zero-order valence-corrected chi connectivity index (χ0v) is 15.7. The third kappa shape index (κ3) is 3.28. The first-order valence-electron chi connectivity index (χ1n) is 9.12. The van der Waals surface area contributed by atoms with Crippen LogP contribution < -0.4 is 10.2 Å². The molecule has 1 atom stereocenters. The Morgan fingerprint density at radius 1 is 1.11 bits per heavy atom. The average Bonchev–Trinajstić information content (AvgIpc) is 3.00. The van der Waals surface area contributed by atoms with E-state index in [0.717, 1.165) is 17.8 Å². The van der Waals surface area contributed by atoms with Crippen LogP contribution in [0, 0.1) is 13.8 Å². The van der Waals surface area contributed by atoms with Gasteiger partial charge in [0.25, 0.3) is 5.91 Å². The maximum atomic E-state index is 13.1. The predicted molar refractivity (Wildman–Crippen MR) is 108 cm³/mol. The topological polar surface area (TPSA) is 58.1 Å². The van der Waals surface area contributed by atoms with Crippen LogP contribution in [0.3, 0.4) is 0 Å². The fourth-order valence-electron chi connectivity index (χ4n) is 3.48. The summed E-state index contributed by atoms with van der Waals surface area (Å²) in [6.45, 7) is 6.20. The van der Waals surface area contributed by atoms with E-state index in [-0.39, 0.29) is 11.9 Å². The molecule has 0 bridgehead atoms. The number of hydrogen-bond donors (Lipinski definition) is 1. The number of nitrogens with one attached hydrogen (secondary N) is 1. The molecular formula is C22H22N4O. The van der Waals surface area contributed by atoms with Crippen molar-refractivity contribution in [3.63, 3.8) is 0 Å². The summed E-state index contributed by atoms with van der Waals surface area (Å²) < 4.78 is 0. The van der Waals surface area contributed by atoms with Crippen molar-refractivity contribution in [1.29, 1.82) is 0 Å². The summed E-state index contributed by atoms with van der Waals surface area (Å²) in [5.74, 6) is 0.322. The van der Waals surface area contributed by atoms with Crippen LogP contribution in [-0.2, 0) is 6.42 Å². The van der Waals surface area contributed by atoms with Crippen LogP contribution in [-0.4, -0.2) is 21.9 Å². The van der Waals surface area contributed by atoms with Gasteiger partial charge in [-0.05, 0) is 68.1 Å². The number of carbonyl (C=O) groups is 1. The Hall–Kier alpha value is -3.21. The molecule has 2 aromatic carbocycles. The molecule has 0 saturated carbocycles. The molecule has 0 aliphatic carbocycles. The molecule has 1 aliphatic rings. The SMILES string of the molecule is Cc1ccc(Nc2nccc(C(=O)N3c4ccccc4CC3C)n2)cc1C. The van der Waals surface area contributed by atoms with Crippen molar-refractivity contribution in [3.8, 4) is 0 Å². The molecule has 0 saturated heterocycles. The van der Waals surface area contributed by atoms with E-state index < -0.39 is 0 Å². The lowest BCUT2D eigenvalue weighted by molar-refractivity contribution is 0.0976. The molecule has 1 unspecified atom stereocenters. The highest BCUT2D eigenvalue weighted by atomic mass is 16.2. The lowest BCUT2D eigenvalue weighted by Gasteiger charge is -2.22. The number of fused-ring (bicyclic) bond motifs is 1. The molecule has 1 amide bonds. The second kappa shape index (κ2) is 6.83. The van der Waals surface area contributed by atoms with Crippen molar-refractivity contribution >= 4 is 23.2 Å². The van der Waals surface area contributed by atoms with E-state index in [0.29, 0.717) is 11.6 Å². The second-order valence-corrected chi connectivity index (χ2v) is 7.05. The summed E-state index contributed by atoms with van der Waals surface area (Å²) in [4.78, 5) is 23.7. The highest BCUT2D eigenvalue weighted by Gasteiger charge is 2.31. The number of hydrogen-bond acceptors (Lipinski definition) is 4. The van der Waals surface area contributed by atoms with E-state index in [9.17, 15) is 4.79 Å².